The van der Waals surface area contributed by atoms with Crippen molar-refractivity contribution in [2.75, 3.05) is 5.32 Å². The fourth-order valence-corrected chi connectivity index (χ4v) is 2.13. The summed E-state index contributed by atoms with van der Waals surface area (Å²) >= 11 is 3.09. The molecule has 0 aliphatic carbocycles. The predicted molar refractivity (Wildman–Crippen MR) is 78.0 cm³/mol. The highest BCUT2D eigenvalue weighted by atomic mass is 79.9. The fourth-order valence-electron chi connectivity index (χ4n) is 1.75. The first-order valence-electron chi connectivity index (χ1n) is 5.81. The largest absolute Gasteiger partial charge is 0.322 e. The van der Waals surface area contributed by atoms with Crippen LogP contribution in [0.25, 0.3) is 0 Å². The summed E-state index contributed by atoms with van der Waals surface area (Å²) in [5.41, 5.74) is 3.11. The summed E-state index contributed by atoms with van der Waals surface area (Å²) in [4.78, 5) is 12.2. The third kappa shape index (κ3) is 3.20. The second-order valence-corrected chi connectivity index (χ2v) is 5.26. The van der Waals surface area contributed by atoms with Gasteiger partial charge in [0.1, 0.15) is 5.82 Å². The first kappa shape index (κ1) is 13.7. The number of aryl methyl sites for hydroxylation is 2. The minimum absolute atomic E-state index is 0.195. The van der Waals surface area contributed by atoms with E-state index in [0.29, 0.717) is 15.7 Å². The molecule has 0 aliphatic heterocycles. The van der Waals surface area contributed by atoms with Gasteiger partial charge in [0.2, 0.25) is 0 Å². The standard InChI is InChI=1S/C15H13BrFNO/c1-9-3-4-10(2)12(7-9)15(19)18-11-5-6-14(17)13(16)8-11/h3-8H,1-2H3,(H,18,19). The lowest BCUT2D eigenvalue weighted by Crippen LogP contribution is -2.13. The van der Waals surface area contributed by atoms with Gasteiger partial charge in [0.25, 0.3) is 5.91 Å². The van der Waals surface area contributed by atoms with Gasteiger partial charge < -0.3 is 5.32 Å². The Hall–Kier alpha value is -1.68. The molecule has 2 rings (SSSR count). The van der Waals surface area contributed by atoms with Crippen LogP contribution in [-0.2, 0) is 0 Å². The predicted octanol–water partition coefficient (Wildman–Crippen LogP) is 4.46. The number of amides is 1. The van der Waals surface area contributed by atoms with E-state index in [1.807, 2.05) is 32.0 Å². The van der Waals surface area contributed by atoms with E-state index in [2.05, 4.69) is 21.2 Å². The Morgan fingerprint density at radius 1 is 1.16 bits per heavy atom. The number of carbonyl (C=O) groups is 1. The summed E-state index contributed by atoms with van der Waals surface area (Å²) in [6, 6.07) is 10.1. The minimum Gasteiger partial charge on any atom is -0.322 e. The van der Waals surface area contributed by atoms with E-state index >= 15 is 0 Å². The van der Waals surface area contributed by atoms with Gasteiger partial charge >= 0.3 is 0 Å². The SMILES string of the molecule is Cc1ccc(C)c(C(=O)Nc2ccc(F)c(Br)c2)c1. The van der Waals surface area contributed by atoms with E-state index in [1.54, 1.807) is 6.07 Å². The molecule has 19 heavy (non-hydrogen) atoms. The lowest BCUT2D eigenvalue weighted by atomic mass is 10.1. The Morgan fingerprint density at radius 3 is 2.58 bits per heavy atom. The molecule has 0 heterocycles. The molecule has 98 valence electrons. The van der Waals surface area contributed by atoms with E-state index in [4.69, 9.17) is 0 Å². The molecule has 0 bridgehead atoms. The van der Waals surface area contributed by atoms with Crippen LogP contribution in [0.1, 0.15) is 21.5 Å². The maximum absolute atomic E-state index is 13.1. The molecule has 1 N–H and O–H groups in total. The molecule has 0 atom stereocenters. The van der Waals surface area contributed by atoms with E-state index in [1.165, 1.54) is 12.1 Å². The first-order valence-corrected chi connectivity index (χ1v) is 6.60. The highest BCUT2D eigenvalue weighted by molar-refractivity contribution is 9.10. The third-order valence-corrected chi connectivity index (χ3v) is 3.42. The van der Waals surface area contributed by atoms with Crippen LogP contribution >= 0.6 is 15.9 Å². The molecule has 0 aliphatic rings. The quantitative estimate of drug-likeness (QED) is 0.869. The van der Waals surface area contributed by atoms with Crippen molar-refractivity contribution in [2.24, 2.45) is 0 Å². The number of benzene rings is 2. The zero-order chi connectivity index (χ0) is 14.0. The van der Waals surface area contributed by atoms with Crippen molar-refractivity contribution in [3.05, 3.63) is 63.4 Å². The molecular formula is C15H13BrFNO. The molecule has 2 aromatic rings. The van der Waals surface area contributed by atoms with Gasteiger partial charge in [0.05, 0.1) is 4.47 Å². The lowest BCUT2D eigenvalue weighted by Gasteiger charge is -2.09. The van der Waals surface area contributed by atoms with E-state index in [9.17, 15) is 9.18 Å². The average molecular weight is 322 g/mol. The first-order chi connectivity index (χ1) is 8.97. The highest BCUT2D eigenvalue weighted by Gasteiger charge is 2.10. The molecular weight excluding hydrogens is 309 g/mol. The monoisotopic (exact) mass is 321 g/mol. The van der Waals surface area contributed by atoms with Gasteiger partial charge in [-0.25, -0.2) is 4.39 Å². The van der Waals surface area contributed by atoms with Crippen LogP contribution in [-0.4, -0.2) is 5.91 Å². The van der Waals surface area contributed by atoms with Crippen molar-refractivity contribution >= 4 is 27.5 Å². The molecule has 2 aromatic carbocycles. The molecule has 0 radical (unpaired) electrons. The molecule has 4 heteroatoms. The molecule has 1 amide bonds. The van der Waals surface area contributed by atoms with Gasteiger partial charge in [-0.05, 0) is 59.6 Å². The smallest absolute Gasteiger partial charge is 0.255 e. The molecule has 2 nitrogen and oxygen atoms in total. The van der Waals surface area contributed by atoms with Crippen molar-refractivity contribution in [3.8, 4) is 0 Å². The van der Waals surface area contributed by atoms with Crippen LogP contribution in [0.3, 0.4) is 0 Å². The second-order valence-electron chi connectivity index (χ2n) is 4.40. The highest BCUT2D eigenvalue weighted by Crippen LogP contribution is 2.21. The Labute approximate surface area is 119 Å². The zero-order valence-corrected chi connectivity index (χ0v) is 12.2. The summed E-state index contributed by atoms with van der Waals surface area (Å²) in [5.74, 6) is -0.551. The molecule has 0 unspecified atom stereocenters. The lowest BCUT2D eigenvalue weighted by molar-refractivity contribution is 0.102. The number of hydrogen-bond donors (Lipinski definition) is 1. The molecule has 0 spiro atoms. The van der Waals surface area contributed by atoms with Crippen LogP contribution in [0, 0.1) is 19.7 Å². The summed E-state index contributed by atoms with van der Waals surface area (Å²) in [6.45, 7) is 3.82. The van der Waals surface area contributed by atoms with Crippen molar-refractivity contribution in [1.29, 1.82) is 0 Å². The van der Waals surface area contributed by atoms with E-state index < -0.39 is 0 Å². The van der Waals surface area contributed by atoms with Gasteiger partial charge in [-0.2, -0.15) is 0 Å². The maximum atomic E-state index is 13.1. The van der Waals surface area contributed by atoms with E-state index in [0.717, 1.165) is 11.1 Å². The normalized spacial score (nSPS) is 10.3. The molecule has 0 aromatic heterocycles. The van der Waals surface area contributed by atoms with Gasteiger partial charge in [-0.3, -0.25) is 4.79 Å². The number of nitrogens with one attached hydrogen (secondary N) is 1. The number of halogens is 2. The van der Waals surface area contributed by atoms with Crippen LogP contribution in [0.4, 0.5) is 10.1 Å². The number of rotatable bonds is 2. The molecule has 0 fully saturated rings. The Morgan fingerprint density at radius 2 is 1.89 bits per heavy atom. The van der Waals surface area contributed by atoms with E-state index in [-0.39, 0.29) is 11.7 Å². The summed E-state index contributed by atoms with van der Waals surface area (Å²) in [5, 5.41) is 2.76. The van der Waals surface area contributed by atoms with Gasteiger partial charge in [0.15, 0.2) is 0 Å². The number of anilines is 1. The van der Waals surface area contributed by atoms with Crippen LogP contribution < -0.4 is 5.32 Å². The van der Waals surface area contributed by atoms with Gasteiger partial charge in [-0.1, -0.05) is 17.7 Å². The summed E-state index contributed by atoms with van der Waals surface area (Å²) in [7, 11) is 0. The van der Waals surface area contributed by atoms with Crippen molar-refractivity contribution in [2.45, 2.75) is 13.8 Å². The van der Waals surface area contributed by atoms with Crippen LogP contribution in [0.15, 0.2) is 40.9 Å². The third-order valence-electron chi connectivity index (χ3n) is 2.82. The summed E-state index contributed by atoms with van der Waals surface area (Å²) < 4.78 is 13.4. The maximum Gasteiger partial charge on any atom is 0.255 e. The van der Waals surface area contributed by atoms with Crippen molar-refractivity contribution in [1.82, 2.24) is 0 Å². The number of hydrogen-bond acceptors (Lipinski definition) is 1. The molecule has 0 saturated carbocycles. The van der Waals surface area contributed by atoms with Crippen LogP contribution in [0.2, 0.25) is 0 Å². The summed E-state index contributed by atoms with van der Waals surface area (Å²) in [6.07, 6.45) is 0. The van der Waals surface area contributed by atoms with Crippen LogP contribution in [0.5, 0.6) is 0 Å². The minimum atomic E-state index is -0.357. The molecule has 0 saturated heterocycles. The fraction of sp³-hybridized carbons (Fsp3) is 0.133. The van der Waals surface area contributed by atoms with Gasteiger partial charge in [0, 0.05) is 11.3 Å². The van der Waals surface area contributed by atoms with Crippen molar-refractivity contribution < 1.29 is 9.18 Å². The Bertz CT molecular complexity index is 640. The Balaban J connectivity index is 2.25. The number of carbonyl (C=O) groups excluding carboxylic acids is 1. The second kappa shape index (κ2) is 5.53. The topological polar surface area (TPSA) is 29.1 Å². The average Bonchev–Trinajstić information content (AvgIpc) is 2.36. The zero-order valence-electron chi connectivity index (χ0n) is 10.6. The Kier molecular flexibility index (Phi) is 4.00. The van der Waals surface area contributed by atoms with Gasteiger partial charge in [-0.15, -0.1) is 0 Å². The van der Waals surface area contributed by atoms with Crippen molar-refractivity contribution in [3.63, 3.8) is 0 Å².